The molecule has 0 saturated carbocycles. The summed E-state index contributed by atoms with van der Waals surface area (Å²) in [5, 5.41) is 0. The fourth-order valence-electron chi connectivity index (χ4n) is 1.90. The lowest BCUT2D eigenvalue weighted by molar-refractivity contribution is 0.478. The molecule has 102 valence electrons. The van der Waals surface area contributed by atoms with Crippen LogP contribution >= 0.6 is 0 Å². The molecule has 2 N–H and O–H groups in total. The van der Waals surface area contributed by atoms with Crippen molar-refractivity contribution in [3.63, 3.8) is 0 Å². The number of nitrogens with zero attached hydrogens (tertiary/aromatic N) is 1. The lowest BCUT2D eigenvalue weighted by atomic mass is 10.2. The largest absolute Gasteiger partial charge is 0.465 e. The van der Waals surface area contributed by atoms with Crippen LogP contribution in [0.4, 0.5) is 0 Å². The number of aryl methyl sites for hydroxylation is 2. The van der Waals surface area contributed by atoms with E-state index in [2.05, 4.69) is 6.58 Å². The van der Waals surface area contributed by atoms with Crippen molar-refractivity contribution >= 4 is 10.0 Å². The van der Waals surface area contributed by atoms with Crippen molar-refractivity contribution in [3.8, 4) is 0 Å². The molecule has 0 aliphatic rings. The molecule has 0 aliphatic heterocycles. The second kappa shape index (κ2) is 5.26. The molecule has 0 bridgehead atoms. The number of hydrogen-bond acceptors (Lipinski definition) is 4. The van der Waals surface area contributed by atoms with Gasteiger partial charge in [-0.15, -0.1) is 0 Å². The minimum atomic E-state index is -3.59. The van der Waals surface area contributed by atoms with Crippen LogP contribution in [0.2, 0.25) is 0 Å². The average molecular weight is 272 g/mol. The standard InChI is InChI=1S/C12H20N2O3S/c1-8(2)7-14(5)18(15,16)12-10(4)17-9(3)11(12)6-13/h1,6-7,13H2,2-5H3. The molecule has 5 nitrogen and oxygen atoms in total. The SMILES string of the molecule is C=C(C)CN(C)S(=O)(=O)c1c(C)oc(C)c1CN. The smallest absolute Gasteiger partial charge is 0.246 e. The van der Waals surface area contributed by atoms with Gasteiger partial charge in [0.05, 0.1) is 0 Å². The first-order valence-corrected chi connectivity index (χ1v) is 7.05. The van der Waals surface area contributed by atoms with Crippen LogP contribution in [0.3, 0.4) is 0 Å². The summed E-state index contributed by atoms with van der Waals surface area (Å²) < 4.78 is 31.5. The highest BCUT2D eigenvalue weighted by Gasteiger charge is 2.29. The minimum absolute atomic E-state index is 0.138. The Morgan fingerprint density at radius 2 is 1.94 bits per heavy atom. The van der Waals surface area contributed by atoms with Gasteiger partial charge in [0.25, 0.3) is 0 Å². The Bertz CT molecular complexity index is 558. The van der Waals surface area contributed by atoms with Crippen molar-refractivity contribution in [1.82, 2.24) is 4.31 Å². The maximum Gasteiger partial charge on any atom is 0.246 e. The van der Waals surface area contributed by atoms with Crippen LogP contribution in [0.5, 0.6) is 0 Å². The molecule has 1 aromatic rings. The normalized spacial score (nSPS) is 12.1. The van der Waals surface area contributed by atoms with E-state index in [1.54, 1.807) is 20.8 Å². The van der Waals surface area contributed by atoms with Gasteiger partial charge in [-0.25, -0.2) is 8.42 Å². The predicted molar refractivity (Wildman–Crippen MR) is 70.7 cm³/mol. The van der Waals surface area contributed by atoms with Gasteiger partial charge in [0.15, 0.2) is 0 Å². The number of hydrogen-bond donors (Lipinski definition) is 1. The summed E-state index contributed by atoms with van der Waals surface area (Å²) in [6.45, 7) is 9.26. The van der Waals surface area contributed by atoms with Gasteiger partial charge in [-0.3, -0.25) is 0 Å². The zero-order valence-electron chi connectivity index (χ0n) is 11.3. The summed E-state index contributed by atoms with van der Waals surface area (Å²) in [6, 6.07) is 0. The Hall–Kier alpha value is -1.11. The molecular formula is C12H20N2O3S. The molecule has 1 heterocycles. The first kappa shape index (κ1) is 14.9. The zero-order chi connectivity index (χ0) is 14.1. The van der Waals surface area contributed by atoms with E-state index in [1.165, 1.54) is 11.4 Å². The van der Waals surface area contributed by atoms with Gasteiger partial charge in [0.1, 0.15) is 16.4 Å². The molecule has 0 aromatic carbocycles. The van der Waals surface area contributed by atoms with Crippen LogP contribution in [-0.2, 0) is 16.6 Å². The van der Waals surface area contributed by atoms with Gasteiger partial charge < -0.3 is 10.2 Å². The van der Waals surface area contributed by atoms with Gasteiger partial charge in [0, 0.05) is 25.7 Å². The Balaban J connectivity index is 3.32. The fourth-order valence-corrected chi connectivity index (χ4v) is 3.55. The molecule has 18 heavy (non-hydrogen) atoms. The fraction of sp³-hybridized carbons (Fsp3) is 0.500. The van der Waals surface area contributed by atoms with Gasteiger partial charge in [-0.05, 0) is 20.8 Å². The Labute approximate surface area is 108 Å². The summed E-state index contributed by atoms with van der Waals surface area (Å²) in [5.41, 5.74) is 6.92. The lowest BCUT2D eigenvalue weighted by Crippen LogP contribution is -2.29. The van der Waals surface area contributed by atoms with Crippen LogP contribution < -0.4 is 5.73 Å². The monoisotopic (exact) mass is 272 g/mol. The predicted octanol–water partition coefficient (Wildman–Crippen LogP) is 1.55. The molecule has 0 radical (unpaired) electrons. The van der Waals surface area contributed by atoms with E-state index in [9.17, 15) is 8.42 Å². The molecule has 0 spiro atoms. The van der Waals surface area contributed by atoms with E-state index in [0.717, 1.165) is 5.57 Å². The Kier molecular flexibility index (Phi) is 4.37. The number of sulfonamides is 1. The van der Waals surface area contributed by atoms with Crippen molar-refractivity contribution in [2.24, 2.45) is 5.73 Å². The molecule has 0 saturated heterocycles. The third kappa shape index (κ3) is 2.66. The summed E-state index contributed by atoms with van der Waals surface area (Å²) >= 11 is 0. The van der Waals surface area contributed by atoms with Crippen LogP contribution in [-0.4, -0.2) is 26.3 Å². The molecule has 1 rings (SSSR count). The van der Waals surface area contributed by atoms with Crippen molar-refractivity contribution in [2.75, 3.05) is 13.6 Å². The highest BCUT2D eigenvalue weighted by Crippen LogP contribution is 2.28. The van der Waals surface area contributed by atoms with E-state index in [4.69, 9.17) is 10.2 Å². The first-order valence-electron chi connectivity index (χ1n) is 5.61. The molecule has 0 atom stereocenters. The minimum Gasteiger partial charge on any atom is -0.465 e. The zero-order valence-corrected chi connectivity index (χ0v) is 12.1. The van der Waals surface area contributed by atoms with Crippen LogP contribution in [0.25, 0.3) is 0 Å². The molecule has 1 aromatic heterocycles. The van der Waals surface area contributed by atoms with Crippen molar-refractivity contribution in [3.05, 3.63) is 29.2 Å². The third-order valence-electron chi connectivity index (χ3n) is 2.69. The lowest BCUT2D eigenvalue weighted by Gasteiger charge is -2.17. The van der Waals surface area contributed by atoms with Crippen molar-refractivity contribution in [1.29, 1.82) is 0 Å². The number of furan rings is 1. The van der Waals surface area contributed by atoms with Crippen LogP contribution in [0, 0.1) is 13.8 Å². The number of nitrogens with two attached hydrogens (primary N) is 1. The first-order chi connectivity index (χ1) is 8.21. The summed E-state index contributed by atoms with van der Waals surface area (Å²) in [4.78, 5) is 0.186. The van der Waals surface area contributed by atoms with E-state index in [1.807, 2.05) is 0 Å². The highest BCUT2D eigenvalue weighted by molar-refractivity contribution is 7.89. The molecule has 0 fully saturated rings. The molecule has 0 unspecified atom stereocenters. The van der Waals surface area contributed by atoms with E-state index in [0.29, 0.717) is 17.1 Å². The summed E-state index contributed by atoms with van der Waals surface area (Å²) in [5.74, 6) is 0.929. The second-order valence-corrected chi connectivity index (χ2v) is 6.43. The van der Waals surface area contributed by atoms with Crippen molar-refractivity contribution < 1.29 is 12.8 Å². The number of likely N-dealkylation sites (N-methyl/N-ethyl adjacent to an activating group) is 1. The molecular weight excluding hydrogens is 252 g/mol. The van der Waals surface area contributed by atoms with Gasteiger partial charge in [-0.2, -0.15) is 4.31 Å². The summed E-state index contributed by atoms with van der Waals surface area (Å²) in [7, 11) is -2.07. The summed E-state index contributed by atoms with van der Waals surface area (Å²) in [6.07, 6.45) is 0. The second-order valence-electron chi connectivity index (χ2n) is 4.44. The van der Waals surface area contributed by atoms with Gasteiger partial charge >= 0.3 is 0 Å². The molecule has 0 amide bonds. The van der Waals surface area contributed by atoms with Gasteiger partial charge in [0.2, 0.25) is 10.0 Å². The van der Waals surface area contributed by atoms with Crippen molar-refractivity contribution in [2.45, 2.75) is 32.2 Å². The maximum absolute atomic E-state index is 12.5. The van der Waals surface area contributed by atoms with E-state index < -0.39 is 10.0 Å². The van der Waals surface area contributed by atoms with E-state index >= 15 is 0 Å². The average Bonchev–Trinajstić information content (AvgIpc) is 2.52. The number of rotatable bonds is 5. The Morgan fingerprint density at radius 3 is 2.39 bits per heavy atom. The quantitative estimate of drug-likeness (QED) is 0.825. The topological polar surface area (TPSA) is 76.5 Å². The van der Waals surface area contributed by atoms with Crippen LogP contribution in [0.15, 0.2) is 21.5 Å². The van der Waals surface area contributed by atoms with E-state index in [-0.39, 0.29) is 18.0 Å². The Morgan fingerprint density at radius 1 is 1.39 bits per heavy atom. The molecule has 0 aliphatic carbocycles. The highest BCUT2D eigenvalue weighted by atomic mass is 32.2. The maximum atomic E-state index is 12.5. The van der Waals surface area contributed by atoms with Crippen LogP contribution in [0.1, 0.15) is 24.0 Å². The molecule has 6 heteroatoms. The van der Waals surface area contributed by atoms with Gasteiger partial charge in [-0.1, -0.05) is 12.2 Å². The third-order valence-corrected chi connectivity index (χ3v) is 4.69.